The number of amides is 1. The van der Waals surface area contributed by atoms with Crippen LogP contribution in [-0.4, -0.2) is 51.8 Å². The molecule has 0 aliphatic carbocycles. The molecule has 0 bridgehead atoms. The van der Waals surface area contributed by atoms with Crippen LogP contribution in [-0.2, 0) is 12.7 Å². The van der Waals surface area contributed by atoms with Crippen molar-refractivity contribution in [2.75, 3.05) is 31.1 Å². The molecule has 1 aromatic carbocycles. The number of hydrogen-bond donors (Lipinski definition) is 0. The third kappa shape index (κ3) is 4.82. The Morgan fingerprint density at radius 2 is 1.77 bits per heavy atom. The zero-order chi connectivity index (χ0) is 22.0. The summed E-state index contributed by atoms with van der Waals surface area (Å²) in [4.78, 5) is 20.3. The minimum absolute atomic E-state index is 0.134. The highest BCUT2D eigenvalue weighted by Crippen LogP contribution is 2.29. The van der Waals surface area contributed by atoms with Gasteiger partial charge < -0.3 is 9.80 Å². The van der Waals surface area contributed by atoms with Crippen LogP contribution in [0.3, 0.4) is 0 Å². The van der Waals surface area contributed by atoms with Crippen LogP contribution in [0.4, 0.5) is 19.0 Å². The van der Waals surface area contributed by atoms with Gasteiger partial charge in [0, 0.05) is 43.6 Å². The number of piperazine rings is 1. The van der Waals surface area contributed by atoms with Crippen LogP contribution in [0.5, 0.6) is 0 Å². The van der Waals surface area contributed by atoms with Crippen molar-refractivity contribution >= 4 is 23.3 Å². The predicted molar refractivity (Wildman–Crippen MR) is 110 cm³/mol. The second-order valence-corrected chi connectivity index (χ2v) is 7.61. The summed E-state index contributed by atoms with van der Waals surface area (Å²) in [5, 5.41) is 4.90. The molecule has 162 valence electrons. The van der Waals surface area contributed by atoms with Crippen LogP contribution in [0.1, 0.15) is 21.5 Å². The molecule has 1 aliphatic rings. The molecule has 0 radical (unpaired) electrons. The molecule has 3 heterocycles. The minimum Gasteiger partial charge on any atom is -0.353 e. The van der Waals surface area contributed by atoms with Gasteiger partial charge in [-0.3, -0.25) is 9.48 Å². The number of rotatable bonds is 4. The molecule has 4 rings (SSSR count). The Morgan fingerprint density at radius 3 is 2.42 bits per heavy atom. The van der Waals surface area contributed by atoms with Crippen molar-refractivity contribution in [3.63, 3.8) is 0 Å². The van der Waals surface area contributed by atoms with Gasteiger partial charge in [-0.2, -0.15) is 18.3 Å². The minimum atomic E-state index is -4.41. The molecule has 6 nitrogen and oxygen atoms in total. The third-order valence-electron chi connectivity index (χ3n) is 5.14. The van der Waals surface area contributed by atoms with Crippen molar-refractivity contribution < 1.29 is 18.0 Å². The quantitative estimate of drug-likeness (QED) is 0.605. The molecule has 2 aromatic heterocycles. The Balaban J connectivity index is 1.35. The molecule has 0 unspecified atom stereocenters. The second kappa shape index (κ2) is 8.58. The van der Waals surface area contributed by atoms with Gasteiger partial charge in [-0.1, -0.05) is 29.8 Å². The number of halogens is 4. The van der Waals surface area contributed by atoms with E-state index in [0.29, 0.717) is 49.1 Å². The molecular weight excluding hydrogens is 431 g/mol. The van der Waals surface area contributed by atoms with Gasteiger partial charge in [0.1, 0.15) is 5.82 Å². The Kier molecular flexibility index (Phi) is 5.86. The summed E-state index contributed by atoms with van der Waals surface area (Å²) < 4.78 is 39.8. The molecule has 0 atom stereocenters. The van der Waals surface area contributed by atoms with Crippen molar-refractivity contribution in [3.05, 3.63) is 76.7 Å². The van der Waals surface area contributed by atoms with Gasteiger partial charge in [-0.15, -0.1) is 0 Å². The first kappa shape index (κ1) is 21.2. The Labute approximate surface area is 181 Å². The van der Waals surface area contributed by atoms with Gasteiger partial charge >= 0.3 is 6.18 Å². The number of carbonyl (C=O) groups is 1. The molecule has 0 N–H and O–H groups in total. The van der Waals surface area contributed by atoms with Crippen LogP contribution >= 0.6 is 11.6 Å². The van der Waals surface area contributed by atoms with Crippen molar-refractivity contribution in [3.8, 4) is 0 Å². The lowest BCUT2D eigenvalue weighted by Gasteiger charge is -2.35. The number of hydrogen-bond acceptors (Lipinski definition) is 4. The number of nitrogens with zero attached hydrogens (tertiary/aromatic N) is 5. The lowest BCUT2D eigenvalue weighted by Crippen LogP contribution is -2.49. The van der Waals surface area contributed by atoms with Crippen LogP contribution < -0.4 is 4.90 Å². The SMILES string of the molecule is O=C(c1cnn(Cc2ccccc2Cl)c1)N1CCN(c2ccc(C(F)(F)F)cn2)CC1. The molecular formula is C21H19ClF3N5O. The molecule has 1 fully saturated rings. The largest absolute Gasteiger partial charge is 0.417 e. The highest BCUT2D eigenvalue weighted by Gasteiger charge is 2.31. The summed E-state index contributed by atoms with van der Waals surface area (Å²) in [6.07, 6.45) is -0.356. The Morgan fingerprint density at radius 1 is 1.03 bits per heavy atom. The van der Waals surface area contributed by atoms with Crippen molar-refractivity contribution in [2.24, 2.45) is 0 Å². The van der Waals surface area contributed by atoms with E-state index in [-0.39, 0.29) is 5.91 Å². The number of carbonyl (C=O) groups excluding carboxylic acids is 1. The average molecular weight is 450 g/mol. The van der Waals surface area contributed by atoms with E-state index >= 15 is 0 Å². The number of aromatic nitrogens is 3. The van der Waals surface area contributed by atoms with E-state index in [1.165, 1.54) is 12.3 Å². The van der Waals surface area contributed by atoms with E-state index in [1.807, 2.05) is 23.1 Å². The smallest absolute Gasteiger partial charge is 0.353 e. The van der Waals surface area contributed by atoms with Crippen LogP contribution in [0.25, 0.3) is 0 Å². The van der Waals surface area contributed by atoms with Crippen LogP contribution in [0.2, 0.25) is 5.02 Å². The van der Waals surface area contributed by atoms with Gasteiger partial charge in [0.15, 0.2) is 0 Å². The lowest BCUT2D eigenvalue weighted by molar-refractivity contribution is -0.137. The molecule has 1 aliphatic heterocycles. The van der Waals surface area contributed by atoms with Gasteiger partial charge in [0.05, 0.1) is 23.9 Å². The fourth-order valence-corrected chi connectivity index (χ4v) is 3.62. The Hall–Kier alpha value is -3.07. The summed E-state index contributed by atoms with van der Waals surface area (Å²) in [6.45, 7) is 2.31. The van der Waals surface area contributed by atoms with E-state index in [2.05, 4.69) is 10.1 Å². The van der Waals surface area contributed by atoms with Crippen molar-refractivity contribution in [1.29, 1.82) is 0 Å². The molecule has 0 saturated carbocycles. The van der Waals surface area contributed by atoms with Crippen molar-refractivity contribution in [1.82, 2.24) is 19.7 Å². The molecule has 1 saturated heterocycles. The van der Waals surface area contributed by atoms with Gasteiger partial charge in [-0.25, -0.2) is 4.98 Å². The average Bonchev–Trinajstić information content (AvgIpc) is 3.23. The summed E-state index contributed by atoms with van der Waals surface area (Å²) in [7, 11) is 0. The highest BCUT2D eigenvalue weighted by atomic mass is 35.5. The van der Waals surface area contributed by atoms with E-state index in [1.54, 1.807) is 21.8 Å². The predicted octanol–water partition coefficient (Wildman–Crippen LogP) is 3.96. The first-order chi connectivity index (χ1) is 14.8. The van der Waals surface area contributed by atoms with Gasteiger partial charge in [0.2, 0.25) is 0 Å². The summed E-state index contributed by atoms with van der Waals surface area (Å²) >= 11 is 6.18. The second-order valence-electron chi connectivity index (χ2n) is 7.20. The standard InChI is InChI=1S/C21H19ClF3N5O/c22-18-4-2-1-3-15(18)13-30-14-16(11-27-30)20(31)29-9-7-28(8-10-29)19-6-5-17(12-26-19)21(23,24)25/h1-6,11-12,14H,7-10,13H2. The highest BCUT2D eigenvalue weighted by molar-refractivity contribution is 6.31. The molecule has 31 heavy (non-hydrogen) atoms. The number of alkyl halides is 3. The lowest BCUT2D eigenvalue weighted by atomic mass is 10.2. The normalized spacial score (nSPS) is 14.7. The van der Waals surface area contributed by atoms with E-state index < -0.39 is 11.7 Å². The molecule has 3 aromatic rings. The number of anilines is 1. The topological polar surface area (TPSA) is 54.3 Å². The summed E-state index contributed by atoms with van der Waals surface area (Å²) in [6, 6.07) is 9.83. The van der Waals surface area contributed by atoms with E-state index in [9.17, 15) is 18.0 Å². The monoisotopic (exact) mass is 449 g/mol. The maximum Gasteiger partial charge on any atom is 0.417 e. The first-order valence-electron chi connectivity index (χ1n) is 9.64. The number of pyridine rings is 1. The maximum absolute atomic E-state index is 12.8. The fourth-order valence-electron chi connectivity index (χ4n) is 3.42. The zero-order valence-electron chi connectivity index (χ0n) is 16.4. The third-order valence-corrected chi connectivity index (χ3v) is 5.51. The van der Waals surface area contributed by atoms with E-state index in [0.717, 1.165) is 17.8 Å². The molecule has 0 spiro atoms. The Bertz CT molecular complexity index is 1060. The van der Waals surface area contributed by atoms with Crippen molar-refractivity contribution in [2.45, 2.75) is 12.7 Å². The first-order valence-corrected chi connectivity index (χ1v) is 10.0. The van der Waals surface area contributed by atoms with Crippen LogP contribution in [0.15, 0.2) is 55.0 Å². The van der Waals surface area contributed by atoms with Gasteiger partial charge in [-0.05, 0) is 23.8 Å². The summed E-state index contributed by atoms with van der Waals surface area (Å²) in [5.41, 5.74) is 0.607. The molecule has 1 amide bonds. The van der Waals surface area contributed by atoms with E-state index in [4.69, 9.17) is 11.6 Å². The zero-order valence-corrected chi connectivity index (χ0v) is 17.1. The maximum atomic E-state index is 12.8. The van der Waals surface area contributed by atoms with Gasteiger partial charge in [0.25, 0.3) is 5.91 Å². The molecule has 10 heteroatoms. The number of benzene rings is 1. The van der Waals surface area contributed by atoms with Crippen LogP contribution in [0, 0.1) is 0 Å². The summed E-state index contributed by atoms with van der Waals surface area (Å²) in [5.74, 6) is 0.332. The fraction of sp³-hybridized carbons (Fsp3) is 0.286.